The number of aromatic hydroxyl groups is 3. The van der Waals surface area contributed by atoms with E-state index in [1.807, 2.05) is 19.1 Å². The van der Waals surface area contributed by atoms with E-state index >= 15 is 0 Å². The summed E-state index contributed by atoms with van der Waals surface area (Å²) in [6.07, 6.45) is 0.00200. The highest BCUT2D eigenvalue weighted by Crippen LogP contribution is 2.27. The van der Waals surface area contributed by atoms with Gasteiger partial charge in [0.1, 0.15) is 5.75 Å². The number of hydrogen-bond donors (Lipinski definition) is 5. The maximum atomic E-state index is 10.1. The van der Waals surface area contributed by atoms with Gasteiger partial charge in [-0.1, -0.05) is 18.2 Å². The fourth-order valence-electron chi connectivity index (χ4n) is 2.24. The zero-order valence-electron chi connectivity index (χ0n) is 12.4. The fraction of sp³-hybridized carbons (Fsp3) is 0.294. The molecule has 0 radical (unpaired) electrons. The first-order valence-corrected chi connectivity index (χ1v) is 7.17. The molecule has 0 fully saturated rings. The van der Waals surface area contributed by atoms with Gasteiger partial charge in [-0.15, -0.1) is 0 Å². The van der Waals surface area contributed by atoms with Crippen molar-refractivity contribution in [3.8, 4) is 17.2 Å². The first kappa shape index (κ1) is 16.1. The molecule has 0 aromatic heterocycles. The van der Waals surface area contributed by atoms with Crippen LogP contribution in [0.4, 0.5) is 0 Å². The molecule has 2 atom stereocenters. The van der Waals surface area contributed by atoms with Gasteiger partial charge in [0.05, 0.1) is 6.10 Å². The first-order chi connectivity index (χ1) is 10.5. The van der Waals surface area contributed by atoms with Crippen molar-refractivity contribution in [2.75, 3.05) is 6.54 Å². The minimum absolute atomic E-state index is 0.143. The molecule has 2 rings (SSSR count). The van der Waals surface area contributed by atoms with E-state index < -0.39 is 6.10 Å². The lowest BCUT2D eigenvalue weighted by atomic mass is 10.1. The molecule has 0 aliphatic carbocycles. The van der Waals surface area contributed by atoms with E-state index in [9.17, 15) is 20.4 Å². The SMILES string of the molecule is CC(Cc1ccc(O)cc1)NCC(O)c1ccc(O)c(O)c1. The van der Waals surface area contributed by atoms with Crippen LogP contribution < -0.4 is 5.32 Å². The summed E-state index contributed by atoms with van der Waals surface area (Å²) in [7, 11) is 0. The summed E-state index contributed by atoms with van der Waals surface area (Å²) in [5.74, 6) is -0.203. The van der Waals surface area contributed by atoms with Gasteiger partial charge in [-0.3, -0.25) is 0 Å². The van der Waals surface area contributed by atoms with Crippen molar-refractivity contribution in [1.29, 1.82) is 0 Å². The summed E-state index contributed by atoms with van der Waals surface area (Å²) < 4.78 is 0. The predicted octanol–water partition coefficient (Wildman–Crippen LogP) is 2.06. The summed E-state index contributed by atoms with van der Waals surface area (Å²) in [6, 6.07) is 11.5. The van der Waals surface area contributed by atoms with Crippen LogP contribution in [-0.2, 0) is 6.42 Å². The average Bonchev–Trinajstić information content (AvgIpc) is 2.50. The van der Waals surface area contributed by atoms with Crippen LogP contribution in [-0.4, -0.2) is 33.0 Å². The number of phenolic OH excluding ortho intramolecular Hbond substituents is 3. The Morgan fingerprint density at radius 2 is 1.64 bits per heavy atom. The van der Waals surface area contributed by atoms with Gasteiger partial charge in [-0.05, 0) is 48.7 Å². The zero-order valence-corrected chi connectivity index (χ0v) is 12.4. The highest BCUT2D eigenvalue weighted by atomic mass is 16.3. The van der Waals surface area contributed by atoms with Crippen LogP contribution in [0.25, 0.3) is 0 Å². The second-order valence-corrected chi connectivity index (χ2v) is 5.44. The standard InChI is InChI=1S/C17H21NO4/c1-11(8-12-2-5-14(19)6-3-12)18-10-17(22)13-4-7-15(20)16(21)9-13/h2-7,9,11,17-22H,8,10H2,1H3. The molecule has 22 heavy (non-hydrogen) atoms. The Balaban J connectivity index is 1.85. The molecule has 2 aromatic carbocycles. The second-order valence-electron chi connectivity index (χ2n) is 5.44. The van der Waals surface area contributed by atoms with Crippen LogP contribution >= 0.6 is 0 Å². The molecule has 5 heteroatoms. The van der Waals surface area contributed by atoms with Crippen LogP contribution in [0, 0.1) is 0 Å². The molecular formula is C17H21NO4. The molecule has 0 heterocycles. The predicted molar refractivity (Wildman–Crippen MR) is 84.0 cm³/mol. The monoisotopic (exact) mass is 303 g/mol. The maximum absolute atomic E-state index is 10.1. The van der Waals surface area contributed by atoms with Gasteiger partial charge in [0, 0.05) is 12.6 Å². The summed E-state index contributed by atoms with van der Waals surface area (Å²) in [4.78, 5) is 0. The lowest BCUT2D eigenvalue weighted by Gasteiger charge is -2.18. The molecule has 2 aromatic rings. The van der Waals surface area contributed by atoms with Gasteiger partial charge in [0.15, 0.2) is 11.5 Å². The maximum Gasteiger partial charge on any atom is 0.157 e. The quantitative estimate of drug-likeness (QED) is 0.527. The van der Waals surface area contributed by atoms with E-state index in [4.69, 9.17) is 0 Å². The molecule has 5 nitrogen and oxygen atoms in total. The van der Waals surface area contributed by atoms with Crippen molar-refractivity contribution in [2.24, 2.45) is 0 Å². The van der Waals surface area contributed by atoms with E-state index in [-0.39, 0.29) is 23.3 Å². The summed E-state index contributed by atoms with van der Waals surface area (Å²) in [5, 5.41) is 41.3. The molecule has 0 aliphatic heterocycles. The van der Waals surface area contributed by atoms with Gasteiger partial charge in [0.2, 0.25) is 0 Å². The van der Waals surface area contributed by atoms with Crippen LogP contribution in [0.2, 0.25) is 0 Å². The van der Waals surface area contributed by atoms with Gasteiger partial charge >= 0.3 is 0 Å². The fourth-order valence-corrected chi connectivity index (χ4v) is 2.24. The van der Waals surface area contributed by atoms with Gasteiger partial charge in [0.25, 0.3) is 0 Å². The number of nitrogens with one attached hydrogen (secondary N) is 1. The first-order valence-electron chi connectivity index (χ1n) is 7.17. The van der Waals surface area contributed by atoms with Crippen molar-refractivity contribution in [2.45, 2.75) is 25.5 Å². The minimum atomic E-state index is -0.770. The Morgan fingerprint density at radius 1 is 0.955 bits per heavy atom. The van der Waals surface area contributed by atoms with E-state index in [2.05, 4.69) is 5.32 Å². The largest absolute Gasteiger partial charge is 0.508 e. The Bertz CT molecular complexity index is 613. The molecule has 0 amide bonds. The molecule has 0 saturated heterocycles. The Labute approximate surface area is 129 Å². The lowest BCUT2D eigenvalue weighted by Crippen LogP contribution is -2.32. The van der Waals surface area contributed by atoms with Gasteiger partial charge in [-0.25, -0.2) is 0 Å². The highest BCUT2D eigenvalue weighted by molar-refractivity contribution is 5.41. The van der Waals surface area contributed by atoms with Crippen molar-refractivity contribution < 1.29 is 20.4 Å². The Morgan fingerprint density at radius 3 is 2.27 bits per heavy atom. The summed E-state index contributed by atoms with van der Waals surface area (Å²) in [5.41, 5.74) is 1.63. The van der Waals surface area contributed by atoms with Crippen LogP contribution in [0.15, 0.2) is 42.5 Å². The second kappa shape index (κ2) is 7.15. The normalized spacial score (nSPS) is 13.7. The molecule has 0 bridgehead atoms. The number of rotatable bonds is 6. The Kier molecular flexibility index (Phi) is 5.25. The smallest absolute Gasteiger partial charge is 0.157 e. The lowest BCUT2D eigenvalue weighted by molar-refractivity contribution is 0.170. The third-order valence-electron chi connectivity index (χ3n) is 3.52. The molecule has 0 aliphatic rings. The third kappa shape index (κ3) is 4.38. The number of hydrogen-bond acceptors (Lipinski definition) is 5. The van der Waals surface area contributed by atoms with E-state index in [1.54, 1.807) is 18.2 Å². The topological polar surface area (TPSA) is 93.0 Å². The molecule has 2 unspecified atom stereocenters. The van der Waals surface area contributed by atoms with Crippen molar-refractivity contribution in [3.05, 3.63) is 53.6 Å². The van der Waals surface area contributed by atoms with Crippen LogP contribution in [0.3, 0.4) is 0 Å². The number of aliphatic hydroxyl groups excluding tert-OH is 1. The molecular weight excluding hydrogens is 282 g/mol. The summed E-state index contributed by atoms with van der Waals surface area (Å²) >= 11 is 0. The molecule has 0 spiro atoms. The number of aliphatic hydroxyl groups is 1. The molecule has 118 valence electrons. The van der Waals surface area contributed by atoms with Crippen LogP contribution in [0.5, 0.6) is 17.2 Å². The Hall–Kier alpha value is -2.24. The average molecular weight is 303 g/mol. The van der Waals surface area contributed by atoms with E-state index in [1.165, 1.54) is 12.1 Å². The summed E-state index contributed by atoms with van der Waals surface area (Å²) in [6.45, 7) is 2.34. The molecule has 0 saturated carbocycles. The van der Waals surface area contributed by atoms with Gasteiger partial charge < -0.3 is 25.7 Å². The van der Waals surface area contributed by atoms with Crippen molar-refractivity contribution in [3.63, 3.8) is 0 Å². The minimum Gasteiger partial charge on any atom is -0.508 e. The third-order valence-corrected chi connectivity index (χ3v) is 3.52. The van der Waals surface area contributed by atoms with Crippen molar-refractivity contribution in [1.82, 2.24) is 5.32 Å². The highest BCUT2D eigenvalue weighted by Gasteiger charge is 2.12. The van der Waals surface area contributed by atoms with E-state index in [0.717, 1.165) is 12.0 Å². The van der Waals surface area contributed by atoms with Gasteiger partial charge in [-0.2, -0.15) is 0 Å². The number of phenols is 3. The van der Waals surface area contributed by atoms with Crippen LogP contribution in [0.1, 0.15) is 24.2 Å². The number of benzene rings is 2. The van der Waals surface area contributed by atoms with Crippen molar-refractivity contribution >= 4 is 0 Å². The molecule has 5 N–H and O–H groups in total. The van der Waals surface area contributed by atoms with E-state index in [0.29, 0.717) is 12.1 Å². The zero-order chi connectivity index (χ0) is 16.1.